The van der Waals surface area contributed by atoms with E-state index in [1.165, 1.54) is 24.4 Å². The Morgan fingerprint density at radius 1 is 1.19 bits per heavy atom. The summed E-state index contributed by atoms with van der Waals surface area (Å²) < 4.78 is 32.3. The molecule has 2 rings (SSSR count). The summed E-state index contributed by atoms with van der Waals surface area (Å²) in [6.45, 7) is 1.85. The quantitative estimate of drug-likeness (QED) is 0.889. The summed E-state index contributed by atoms with van der Waals surface area (Å²) in [5.74, 6) is -0.770. The highest BCUT2D eigenvalue weighted by molar-refractivity contribution is 5.23. The van der Waals surface area contributed by atoms with Crippen LogP contribution in [-0.2, 0) is 13.0 Å². The van der Waals surface area contributed by atoms with Gasteiger partial charge in [0.2, 0.25) is 0 Å². The predicted octanol–water partition coefficient (Wildman–Crippen LogP) is 3.22. The zero-order valence-electron chi connectivity index (χ0n) is 11.9. The van der Waals surface area contributed by atoms with E-state index in [9.17, 15) is 8.78 Å². The van der Waals surface area contributed by atoms with Crippen LogP contribution in [0.2, 0.25) is 0 Å². The highest BCUT2D eigenvalue weighted by atomic mass is 19.1. The fraction of sp³-hybridized carbons (Fsp3) is 0.312. The number of pyridine rings is 1. The number of nitrogens with two attached hydrogens (primary N) is 1. The zero-order valence-corrected chi connectivity index (χ0v) is 11.9. The van der Waals surface area contributed by atoms with E-state index in [2.05, 4.69) is 4.98 Å². The van der Waals surface area contributed by atoms with Crippen molar-refractivity contribution >= 4 is 0 Å². The van der Waals surface area contributed by atoms with Gasteiger partial charge in [-0.2, -0.15) is 0 Å². The fourth-order valence-electron chi connectivity index (χ4n) is 1.86. The Morgan fingerprint density at radius 2 is 1.90 bits per heavy atom. The summed E-state index contributed by atoms with van der Waals surface area (Å²) >= 11 is 0. The number of ether oxygens (including phenoxy) is 1. The molecular formula is C16H18F2N2O. The van der Waals surface area contributed by atoms with E-state index in [1.807, 2.05) is 13.0 Å². The molecule has 5 heteroatoms. The first-order valence-corrected chi connectivity index (χ1v) is 6.86. The Hall–Kier alpha value is -2.01. The van der Waals surface area contributed by atoms with Gasteiger partial charge in [-0.1, -0.05) is 13.0 Å². The van der Waals surface area contributed by atoms with Crippen molar-refractivity contribution in [3.05, 3.63) is 59.4 Å². The Balaban J connectivity index is 1.98. The van der Waals surface area contributed by atoms with Crippen molar-refractivity contribution in [2.24, 2.45) is 5.73 Å². The summed E-state index contributed by atoms with van der Waals surface area (Å²) in [6.07, 6.45) is 3.11. The maximum Gasteiger partial charge on any atom is 0.138 e. The van der Waals surface area contributed by atoms with Crippen molar-refractivity contribution in [2.45, 2.75) is 32.4 Å². The van der Waals surface area contributed by atoms with E-state index < -0.39 is 11.6 Å². The van der Waals surface area contributed by atoms with E-state index in [0.717, 1.165) is 12.1 Å². The molecule has 1 aromatic heterocycles. The largest absolute Gasteiger partial charge is 0.487 e. The summed E-state index contributed by atoms with van der Waals surface area (Å²) in [6, 6.07) is 7.34. The maximum atomic E-state index is 13.5. The standard InChI is InChI=1S/C16H18F2N2O/c1-2-11(19)8-12-6-7-13(9-20-12)21-10-14-15(17)4-3-5-16(14)18/h3-7,9,11H,2,8,10,19H2,1H3. The Labute approximate surface area is 122 Å². The summed E-state index contributed by atoms with van der Waals surface area (Å²) in [5, 5.41) is 0. The van der Waals surface area contributed by atoms with Crippen LogP contribution in [0.3, 0.4) is 0 Å². The molecule has 1 heterocycles. The molecule has 0 aliphatic heterocycles. The Kier molecular flexibility index (Phi) is 5.22. The van der Waals surface area contributed by atoms with E-state index in [4.69, 9.17) is 10.5 Å². The van der Waals surface area contributed by atoms with Crippen molar-refractivity contribution in [2.75, 3.05) is 0 Å². The molecule has 0 fully saturated rings. The summed E-state index contributed by atoms with van der Waals surface area (Å²) in [7, 11) is 0. The lowest BCUT2D eigenvalue weighted by atomic mass is 10.1. The molecule has 0 saturated heterocycles. The van der Waals surface area contributed by atoms with Gasteiger partial charge in [0.25, 0.3) is 0 Å². The van der Waals surface area contributed by atoms with Crippen molar-refractivity contribution in [1.29, 1.82) is 0 Å². The highest BCUT2D eigenvalue weighted by Gasteiger charge is 2.09. The van der Waals surface area contributed by atoms with Crippen LogP contribution < -0.4 is 10.5 Å². The van der Waals surface area contributed by atoms with Crippen LogP contribution in [0.25, 0.3) is 0 Å². The van der Waals surface area contributed by atoms with Crippen molar-refractivity contribution in [3.8, 4) is 5.75 Å². The molecule has 0 radical (unpaired) electrons. The van der Waals surface area contributed by atoms with Gasteiger partial charge in [0.1, 0.15) is 24.0 Å². The molecule has 0 aliphatic rings. The number of hydrogen-bond acceptors (Lipinski definition) is 3. The smallest absolute Gasteiger partial charge is 0.138 e. The van der Waals surface area contributed by atoms with Gasteiger partial charge in [0, 0.05) is 18.2 Å². The molecule has 0 amide bonds. The van der Waals surface area contributed by atoms with Crippen LogP contribution in [0.5, 0.6) is 5.75 Å². The molecule has 0 aliphatic carbocycles. The number of rotatable bonds is 6. The molecule has 2 aromatic rings. The van der Waals surface area contributed by atoms with Gasteiger partial charge in [0.05, 0.1) is 11.8 Å². The van der Waals surface area contributed by atoms with Gasteiger partial charge in [-0.3, -0.25) is 4.98 Å². The van der Waals surface area contributed by atoms with Crippen LogP contribution in [0, 0.1) is 11.6 Å². The van der Waals surface area contributed by atoms with Gasteiger partial charge in [-0.15, -0.1) is 0 Å². The topological polar surface area (TPSA) is 48.1 Å². The first kappa shape index (κ1) is 15.4. The normalized spacial score (nSPS) is 12.2. The van der Waals surface area contributed by atoms with Crippen molar-refractivity contribution < 1.29 is 13.5 Å². The van der Waals surface area contributed by atoms with Crippen LogP contribution in [0.4, 0.5) is 8.78 Å². The second kappa shape index (κ2) is 7.13. The van der Waals surface area contributed by atoms with Gasteiger partial charge >= 0.3 is 0 Å². The van der Waals surface area contributed by atoms with E-state index >= 15 is 0 Å². The van der Waals surface area contributed by atoms with Gasteiger partial charge in [-0.25, -0.2) is 8.78 Å². The minimum absolute atomic E-state index is 0.0804. The number of nitrogens with zero attached hydrogens (tertiary/aromatic N) is 1. The van der Waals surface area contributed by atoms with Crippen molar-refractivity contribution in [3.63, 3.8) is 0 Å². The van der Waals surface area contributed by atoms with Gasteiger partial charge < -0.3 is 10.5 Å². The lowest BCUT2D eigenvalue weighted by Gasteiger charge is -2.10. The minimum atomic E-state index is -0.617. The van der Waals surface area contributed by atoms with Crippen LogP contribution in [0.15, 0.2) is 36.5 Å². The molecule has 0 bridgehead atoms. The lowest BCUT2D eigenvalue weighted by Crippen LogP contribution is -2.21. The molecule has 3 nitrogen and oxygen atoms in total. The molecule has 21 heavy (non-hydrogen) atoms. The average Bonchev–Trinajstić information content (AvgIpc) is 2.48. The fourth-order valence-corrected chi connectivity index (χ4v) is 1.86. The average molecular weight is 292 g/mol. The third-order valence-electron chi connectivity index (χ3n) is 3.24. The zero-order chi connectivity index (χ0) is 15.2. The summed E-state index contributed by atoms with van der Waals surface area (Å²) in [5.41, 5.74) is 6.64. The van der Waals surface area contributed by atoms with Crippen molar-refractivity contribution in [1.82, 2.24) is 4.98 Å². The minimum Gasteiger partial charge on any atom is -0.487 e. The molecule has 2 N–H and O–H groups in total. The van der Waals surface area contributed by atoms with E-state index in [0.29, 0.717) is 12.2 Å². The van der Waals surface area contributed by atoms with Gasteiger partial charge in [-0.05, 0) is 30.7 Å². The SMILES string of the molecule is CCC(N)Cc1ccc(OCc2c(F)cccc2F)cn1. The number of benzene rings is 1. The van der Waals surface area contributed by atoms with Gasteiger partial charge in [0.15, 0.2) is 0 Å². The number of halogens is 2. The molecule has 1 aromatic carbocycles. The highest BCUT2D eigenvalue weighted by Crippen LogP contribution is 2.16. The van der Waals surface area contributed by atoms with E-state index in [1.54, 1.807) is 6.07 Å². The third-order valence-corrected chi connectivity index (χ3v) is 3.24. The monoisotopic (exact) mass is 292 g/mol. The summed E-state index contributed by atoms with van der Waals surface area (Å²) in [4.78, 5) is 4.23. The molecule has 1 atom stereocenters. The number of hydrogen-bond donors (Lipinski definition) is 1. The molecule has 0 spiro atoms. The second-order valence-electron chi connectivity index (χ2n) is 4.85. The number of aromatic nitrogens is 1. The maximum absolute atomic E-state index is 13.5. The third kappa shape index (κ3) is 4.23. The van der Waals surface area contributed by atoms with Crippen LogP contribution in [-0.4, -0.2) is 11.0 Å². The molecular weight excluding hydrogens is 274 g/mol. The van der Waals surface area contributed by atoms with Crippen LogP contribution >= 0.6 is 0 Å². The first-order valence-electron chi connectivity index (χ1n) is 6.86. The first-order chi connectivity index (χ1) is 10.1. The molecule has 0 saturated carbocycles. The predicted molar refractivity (Wildman–Crippen MR) is 76.9 cm³/mol. The Morgan fingerprint density at radius 3 is 2.48 bits per heavy atom. The molecule has 1 unspecified atom stereocenters. The second-order valence-corrected chi connectivity index (χ2v) is 4.85. The Bertz CT molecular complexity index is 567. The van der Waals surface area contributed by atoms with Crippen LogP contribution in [0.1, 0.15) is 24.6 Å². The molecule has 112 valence electrons. The van der Waals surface area contributed by atoms with E-state index in [-0.39, 0.29) is 18.2 Å². The lowest BCUT2D eigenvalue weighted by molar-refractivity contribution is 0.291.